The van der Waals surface area contributed by atoms with Crippen LogP contribution in [0.2, 0.25) is 5.02 Å². The van der Waals surface area contributed by atoms with Crippen molar-refractivity contribution in [2.45, 2.75) is 25.8 Å². The van der Waals surface area contributed by atoms with Crippen LogP contribution in [0, 0.1) is 6.92 Å². The Labute approximate surface area is 163 Å². The van der Waals surface area contributed by atoms with Crippen LogP contribution in [0.1, 0.15) is 35.0 Å². The van der Waals surface area contributed by atoms with E-state index in [1.165, 1.54) is 5.56 Å². The summed E-state index contributed by atoms with van der Waals surface area (Å²) in [6, 6.07) is 16.0. The highest BCUT2D eigenvalue weighted by molar-refractivity contribution is 6.31. The van der Waals surface area contributed by atoms with Gasteiger partial charge < -0.3 is 10.4 Å². The molecular weight excluding hydrogens is 360 g/mol. The molecule has 138 valence electrons. The Morgan fingerprint density at radius 1 is 1.15 bits per heavy atom. The molecule has 1 aliphatic heterocycles. The molecule has 0 radical (unpaired) electrons. The van der Waals surface area contributed by atoms with E-state index in [0.717, 1.165) is 16.8 Å². The van der Waals surface area contributed by atoms with Gasteiger partial charge in [0.15, 0.2) is 5.82 Å². The van der Waals surface area contributed by atoms with Crippen molar-refractivity contribution in [3.05, 3.63) is 82.1 Å². The number of nitrogens with one attached hydrogen (secondary N) is 1. The zero-order valence-corrected chi connectivity index (χ0v) is 15.8. The van der Waals surface area contributed by atoms with Gasteiger partial charge in [0.1, 0.15) is 6.04 Å². The predicted molar refractivity (Wildman–Crippen MR) is 108 cm³/mol. The number of hydrogen-bond acceptors (Lipinski definition) is 4. The fraction of sp³-hybridized carbons (Fsp3) is 0.238. The van der Waals surface area contributed by atoms with E-state index < -0.39 is 0 Å². The summed E-state index contributed by atoms with van der Waals surface area (Å²) in [6.07, 6.45) is 3.40. The molecule has 4 rings (SSSR count). The molecule has 1 aromatic heterocycles. The number of aliphatic hydroxyl groups excluding tert-OH is 1. The average molecular weight is 381 g/mol. The van der Waals surface area contributed by atoms with E-state index in [0.29, 0.717) is 29.6 Å². The molecule has 2 heterocycles. The SMILES string of the molecule is Cc1ccc(C2=C[C@@H](c3ccccc3Cl)n3nc(CCCO)nc3N2)cc1. The molecule has 1 aliphatic rings. The zero-order valence-electron chi connectivity index (χ0n) is 15.1. The van der Waals surface area contributed by atoms with Gasteiger partial charge in [-0.1, -0.05) is 59.6 Å². The lowest BCUT2D eigenvalue weighted by molar-refractivity contribution is 0.287. The van der Waals surface area contributed by atoms with Crippen LogP contribution in [0.3, 0.4) is 0 Å². The molecule has 0 bridgehead atoms. The van der Waals surface area contributed by atoms with Gasteiger partial charge in [0.25, 0.3) is 0 Å². The topological polar surface area (TPSA) is 63.0 Å². The Morgan fingerprint density at radius 3 is 2.67 bits per heavy atom. The summed E-state index contributed by atoms with van der Waals surface area (Å²) in [7, 11) is 0. The maximum Gasteiger partial charge on any atom is 0.226 e. The number of hydrogen-bond donors (Lipinski definition) is 2. The second-order valence-electron chi connectivity index (χ2n) is 6.66. The number of nitrogens with zero attached hydrogens (tertiary/aromatic N) is 3. The van der Waals surface area contributed by atoms with Gasteiger partial charge in [-0.3, -0.25) is 0 Å². The molecule has 2 aromatic carbocycles. The van der Waals surface area contributed by atoms with Gasteiger partial charge in [-0.25, -0.2) is 4.68 Å². The molecule has 0 saturated heterocycles. The Bertz CT molecular complexity index is 978. The molecule has 0 aliphatic carbocycles. The third-order valence-corrected chi connectivity index (χ3v) is 5.00. The van der Waals surface area contributed by atoms with Gasteiger partial charge in [0, 0.05) is 23.7 Å². The van der Waals surface area contributed by atoms with E-state index in [-0.39, 0.29) is 12.6 Å². The third kappa shape index (κ3) is 3.61. The second-order valence-corrected chi connectivity index (χ2v) is 7.07. The fourth-order valence-corrected chi connectivity index (χ4v) is 3.47. The van der Waals surface area contributed by atoms with Gasteiger partial charge in [0.2, 0.25) is 5.95 Å². The van der Waals surface area contributed by atoms with E-state index >= 15 is 0 Å². The van der Waals surface area contributed by atoms with Crippen LogP contribution >= 0.6 is 11.6 Å². The van der Waals surface area contributed by atoms with E-state index in [4.69, 9.17) is 16.7 Å². The highest BCUT2D eigenvalue weighted by Gasteiger charge is 2.26. The number of benzene rings is 2. The number of allylic oxidation sites excluding steroid dienone is 1. The van der Waals surface area contributed by atoms with Crippen molar-refractivity contribution in [1.29, 1.82) is 0 Å². The highest BCUT2D eigenvalue weighted by atomic mass is 35.5. The Kier molecular flexibility index (Phi) is 4.97. The lowest BCUT2D eigenvalue weighted by Gasteiger charge is -2.25. The monoisotopic (exact) mass is 380 g/mol. The molecule has 0 saturated carbocycles. The fourth-order valence-electron chi connectivity index (χ4n) is 3.22. The molecule has 3 aromatic rings. The molecule has 6 heteroatoms. The summed E-state index contributed by atoms with van der Waals surface area (Å²) in [4.78, 5) is 4.63. The van der Waals surface area contributed by atoms with Crippen LogP contribution in [0.15, 0.2) is 54.6 Å². The van der Waals surface area contributed by atoms with Gasteiger partial charge in [-0.15, -0.1) is 0 Å². The molecule has 0 unspecified atom stereocenters. The van der Waals surface area contributed by atoms with E-state index in [1.807, 2.05) is 28.9 Å². The van der Waals surface area contributed by atoms with Gasteiger partial charge in [0.05, 0.1) is 0 Å². The molecule has 0 amide bonds. The maximum absolute atomic E-state index is 9.10. The Morgan fingerprint density at radius 2 is 1.93 bits per heavy atom. The van der Waals surface area contributed by atoms with Crippen molar-refractivity contribution in [3.63, 3.8) is 0 Å². The van der Waals surface area contributed by atoms with Gasteiger partial charge in [-0.2, -0.15) is 10.1 Å². The van der Waals surface area contributed by atoms with E-state index in [2.05, 4.69) is 52.7 Å². The first-order valence-electron chi connectivity index (χ1n) is 9.02. The largest absolute Gasteiger partial charge is 0.396 e. The van der Waals surface area contributed by atoms with Crippen LogP contribution in [0.25, 0.3) is 5.70 Å². The lowest BCUT2D eigenvalue weighted by atomic mass is 10.0. The maximum atomic E-state index is 9.10. The van der Waals surface area contributed by atoms with Crippen molar-refractivity contribution in [2.75, 3.05) is 11.9 Å². The average Bonchev–Trinajstić information content (AvgIpc) is 3.09. The van der Waals surface area contributed by atoms with Crippen LogP contribution < -0.4 is 5.32 Å². The number of aliphatic hydroxyl groups is 1. The molecule has 5 nitrogen and oxygen atoms in total. The summed E-state index contributed by atoms with van der Waals surface area (Å²) in [5.41, 5.74) is 4.26. The standard InChI is InChI=1S/C21H21ClN4O/c1-14-8-10-15(11-9-14)18-13-19(16-5-2-3-6-17(16)22)26-21(23-18)24-20(25-26)7-4-12-27/h2-3,5-6,8-11,13,19,27H,4,7,12H2,1H3,(H,23,24,25)/t19-/m0/s1. The number of aromatic nitrogens is 3. The van der Waals surface area contributed by atoms with Crippen molar-refractivity contribution >= 4 is 23.2 Å². The predicted octanol–water partition coefficient (Wildman–Crippen LogP) is 4.22. The van der Waals surface area contributed by atoms with Crippen molar-refractivity contribution in [1.82, 2.24) is 14.8 Å². The van der Waals surface area contributed by atoms with Gasteiger partial charge >= 0.3 is 0 Å². The van der Waals surface area contributed by atoms with Crippen LogP contribution in [0.4, 0.5) is 5.95 Å². The van der Waals surface area contributed by atoms with Crippen LogP contribution in [0.5, 0.6) is 0 Å². The summed E-state index contributed by atoms with van der Waals surface area (Å²) in [5, 5.41) is 17.9. The molecular formula is C21H21ClN4O. The first kappa shape index (κ1) is 17.8. The number of rotatable bonds is 5. The Hall–Kier alpha value is -2.63. The quantitative estimate of drug-likeness (QED) is 0.695. The van der Waals surface area contributed by atoms with E-state index in [1.54, 1.807) is 0 Å². The number of halogens is 1. The number of aryl methyl sites for hydroxylation is 2. The zero-order chi connectivity index (χ0) is 18.8. The Balaban J connectivity index is 1.79. The molecule has 1 atom stereocenters. The second kappa shape index (κ2) is 7.55. The van der Waals surface area contributed by atoms with E-state index in [9.17, 15) is 0 Å². The summed E-state index contributed by atoms with van der Waals surface area (Å²) in [6.45, 7) is 2.20. The summed E-state index contributed by atoms with van der Waals surface area (Å²) >= 11 is 6.48. The van der Waals surface area contributed by atoms with Crippen molar-refractivity contribution in [3.8, 4) is 0 Å². The smallest absolute Gasteiger partial charge is 0.226 e. The normalized spacial score (nSPS) is 15.8. The summed E-state index contributed by atoms with van der Waals surface area (Å²) in [5.74, 6) is 1.40. The van der Waals surface area contributed by atoms with Crippen molar-refractivity contribution in [2.24, 2.45) is 0 Å². The number of fused-ring (bicyclic) bond motifs is 1. The molecule has 0 fully saturated rings. The minimum absolute atomic E-state index is 0.123. The minimum atomic E-state index is -0.151. The van der Waals surface area contributed by atoms with Crippen LogP contribution in [-0.4, -0.2) is 26.5 Å². The third-order valence-electron chi connectivity index (χ3n) is 4.65. The van der Waals surface area contributed by atoms with Crippen molar-refractivity contribution < 1.29 is 5.11 Å². The molecule has 0 spiro atoms. The number of anilines is 1. The highest BCUT2D eigenvalue weighted by Crippen LogP contribution is 2.35. The van der Waals surface area contributed by atoms with Crippen LogP contribution in [-0.2, 0) is 6.42 Å². The lowest BCUT2D eigenvalue weighted by Crippen LogP contribution is -2.20. The molecule has 27 heavy (non-hydrogen) atoms. The summed E-state index contributed by atoms with van der Waals surface area (Å²) < 4.78 is 1.87. The first-order chi connectivity index (χ1) is 13.2. The first-order valence-corrected chi connectivity index (χ1v) is 9.40. The minimum Gasteiger partial charge on any atom is -0.396 e. The van der Waals surface area contributed by atoms with Gasteiger partial charge in [-0.05, 0) is 36.6 Å². The molecule has 2 N–H and O–H groups in total.